The molecule has 0 spiro atoms. The van der Waals surface area contributed by atoms with Crippen LogP contribution in [0.4, 0.5) is 0 Å². The zero-order chi connectivity index (χ0) is 37.9. The number of para-hydroxylation sites is 3. The number of allylic oxidation sites excluding steroid dienone is 8. The van der Waals surface area contributed by atoms with Crippen molar-refractivity contribution in [2.45, 2.75) is 50.2 Å². The maximum absolute atomic E-state index is 5.70. The number of hydrogen-bond acceptors (Lipinski definition) is 2. The van der Waals surface area contributed by atoms with Crippen LogP contribution in [0.1, 0.15) is 67.1 Å². The highest BCUT2D eigenvalue weighted by Crippen LogP contribution is 2.59. The molecule has 5 nitrogen and oxygen atoms in total. The van der Waals surface area contributed by atoms with Gasteiger partial charge in [-0.05, 0) is 84.6 Å². The third kappa shape index (κ3) is 4.59. The van der Waals surface area contributed by atoms with Crippen LogP contribution < -0.4 is 0 Å². The van der Waals surface area contributed by atoms with Gasteiger partial charge in [0.15, 0.2) is 5.84 Å². The van der Waals surface area contributed by atoms with E-state index in [1.807, 2.05) is 0 Å². The van der Waals surface area contributed by atoms with E-state index in [2.05, 4.69) is 178 Å². The van der Waals surface area contributed by atoms with Gasteiger partial charge < -0.3 is 13.7 Å². The van der Waals surface area contributed by atoms with Crippen LogP contribution in [0.2, 0.25) is 0 Å². The number of amidine groups is 1. The molecule has 5 aliphatic rings. The number of hydrogen-bond donors (Lipinski definition) is 0. The van der Waals surface area contributed by atoms with E-state index in [1.165, 1.54) is 83.5 Å². The Morgan fingerprint density at radius 1 is 0.638 bits per heavy atom. The highest BCUT2D eigenvalue weighted by atomic mass is 15.2. The fourth-order valence-corrected chi connectivity index (χ4v) is 10.8. The topological polar surface area (TPSA) is 39.5 Å². The zero-order valence-corrected chi connectivity index (χ0v) is 32.2. The molecule has 58 heavy (non-hydrogen) atoms. The van der Waals surface area contributed by atoms with Crippen LogP contribution in [-0.2, 0) is 0 Å². The predicted molar refractivity (Wildman–Crippen MR) is 242 cm³/mol. The van der Waals surface area contributed by atoms with Crippen LogP contribution in [0, 0.1) is 5.92 Å². The molecule has 5 aromatic carbocycles. The molecule has 4 heterocycles. The smallest absolute Gasteiger partial charge is 0.152 e. The number of aliphatic imine (C=N–C) groups is 2. The van der Waals surface area contributed by atoms with E-state index in [0.717, 1.165) is 36.4 Å². The summed E-state index contributed by atoms with van der Waals surface area (Å²) in [6.45, 7) is 0. The van der Waals surface area contributed by atoms with Crippen LogP contribution in [0.15, 0.2) is 173 Å². The molecular formula is C53H41N5. The molecule has 0 bridgehead atoms. The number of nitrogens with zero attached hydrogens (tertiary/aromatic N) is 5. The second-order valence-electron chi connectivity index (χ2n) is 16.6. The minimum absolute atomic E-state index is 0.200. The summed E-state index contributed by atoms with van der Waals surface area (Å²) in [4.78, 5) is 11.0. The monoisotopic (exact) mass is 747 g/mol. The second kappa shape index (κ2) is 12.4. The van der Waals surface area contributed by atoms with E-state index in [9.17, 15) is 0 Å². The molecule has 0 saturated heterocycles. The Kier molecular flexibility index (Phi) is 6.91. The first-order valence-corrected chi connectivity index (χ1v) is 21.0. The Hall–Kier alpha value is -6.72. The van der Waals surface area contributed by atoms with Crippen molar-refractivity contribution in [1.82, 2.24) is 13.7 Å². The lowest BCUT2D eigenvalue weighted by atomic mass is 9.95. The standard InChI is InChI=1S/C53H41N5/c1-5-17-33(18-6-1)41-32-45(55-53(54-41)34-19-7-2-8-20-34)58-43-28-16-13-25-38(43)47-49-46-40-31-35(40)29-30-44(46)57(37-23-11-4-12-24-37)52(49)51-48(50(47)58)39-26-14-15-27-42(39)56(51)36-21-9-3-10-22-36/h1-7,9-19,21-23,25-30,35,37,40,45H,8,20,24,31-32H2/t35-,37?,40?,45?/m1/s1. The first-order valence-electron chi connectivity index (χ1n) is 21.0. The maximum Gasteiger partial charge on any atom is 0.152 e. The SMILES string of the molecule is C1=CCCC(C2=NC(n3c4ccccc4c4c5c6c(n(C7C=CC=CC7)c5c5c(c7ccccc7n5-c5ccccc5)c43)C=C[C@@H]3CC63)CC(c3ccccc3)=N2)=C1. The molecule has 278 valence electrons. The van der Waals surface area contributed by atoms with Crippen LogP contribution in [0.25, 0.3) is 66.3 Å². The fraction of sp³-hybridized carbons (Fsp3) is 0.170. The average Bonchev–Trinajstić information content (AvgIpc) is 3.74. The van der Waals surface area contributed by atoms with Crippen LogP contribution in [-0.4, -0.2) is 25.2 Å². The third-order valence-corrected chi connectivity index (χ3v) is 13.4. The van der Waals surface area contributed by atoms with Gasteiger partial charge in [0, 0.05) is 44.7 Å². The van der Waals surface area contributed by atoms with Gasteiger partial charge in [-0.2, -0.15) is 0 Å². The molecule has 0 N–H and O–H groups in total. The number of fused-ring (bicyclic) bond motifs is 14. The first-order chi connectivity index (χ1) is 28.8. The van der Waals surface area contributed by atoms with Crippen molar-refractivity contribution in [3.05, 3.63) is 180 Å². The van der Waals surface area contributed by atoms with Gasteiger partial charge in [-0.1, -0.05) is 134 Å². The summed E-state index contributed by atoms with van der Waals surface area (Å²) < 4.78 is 7.92. The van der Waals surface area contributed by atoms with Gasteiger partial charge in [0.2, 0.25) is 0 Å². The predicted octanol–water partition coefficient (Wildman–Crippen LogP) is 13.1. The lowest BCUT2D eigenvalue weighted by Gasteiger charge is -2.25. The second-order valence-corrected chi connectivity index (χ2v) is 16.6. The van der Waals surface area contributed by atoms with E-state index in [-0.39, 0.29) is 12.2 Å². The van der Waals surface area contributed by atoms with Gasteiger partial charge >= 0.3 is 0 Å². The molecule has 4 aliphatic carbocycles. The van der Waals surface area contributed by atoms with Crippen molar-refractivity contribution >= 4 is 72.1 Å². The Morgan fingerprint density at radius 3 is 2.21 bits per heavy atom. The summed E-state index contributed by atoms with van der Waals surface area (Å²) in [5, 5.41) is 6.64. The summed E-state index contributed by atoms with van der Waals surface area (Å²) in [7, 11) is 0. The number of rotatable bonds is 5. The molecule has 0 amide bonds. The molecule has 8 aromatic rings. The van der Waals surface area contributed by atoms with Crippen molar-refractivity contribution in [1.29, 1.82) is 0 Å². The summed E-state index contributed by atoms with van der Waals surface area (Å²) >= 11 is 0. The molecule has 0 radical (unpaired) electrons. The van der Waals surface area contributed by atoms with Gasteiger partial charge in [0.05, 0.1) is 39.3 Å². The molecule has 1 fully saturated rings. The normalized spacial score (nSPS) is 22.2. The highest BCUT2D eigenvalue weighted by molar-refractivity contribution is 6.37. The number of aromatic nitrogens is 3. The largest absolute Gasteiger partial charge is 0.332 e. The average molecular weight is 748 g/mol. The fourth-order valence-electron chi connectivity index (χ4n) is 10.8. The number of benzene rings is 5. The van der Waals surface area contributed by atoms with Crippen molar-refractivity contribution in [3.63, 3.8) is 0 Å². The zero-order valence-electron chi connectivity index (χ0n) is 32.2. The summed E-state index contributed by atoms with van der Waals surface area (Å²) in [5.74, 6) is 1.98. The lowest BCUT2D eigenvalue weighted by molar-refractivity contribution is 0.572. The molecule has 3 unspecified atom stereocenters. The maximum atomic E-state index is 5.70. The van der Waals surface area contributed by atoms with E-state index < -0.39 is 0 Å². The Bertz CT molecular complexity index is 3260. The minimum Gasteiger partial charge on any atom is -0.332 e. The van der Waals surface area contributed by atoms with Crippen molar-refractivity contribution < 1.29 is 0 Å². The van der Waals surface area contributed by atoms with Crippen molar-refractivity contribution in [2.24, 2.45) is 15.9 Å². The van der Waals surface area contributed by atoms with E-state index in [4.69, 9.17) is 9.98 Å². The van der Waals surface area contributed by atoms with E-state index in [1.54, 1.807) is 0 Å². The Morgan fingerprint density at radius 2 is 1.41 bits per heavy atom. The van der Waals surface area contributed by atoms with E-state index >= 15 is 0 Å². The molecule has 5 heteroatoms. The van der Waals surface area contributed by atoms with Crippen molar-refractivity contribution in [3.8, 4) is 5.69 Å². The summed E-state index contributed by atoms with van der Waals surface area (Å²) in [6, 6.07) is 40.3. The molecule has 1 aliphatic heterocycles. The van der Waals surface area contributed by atoms with Crippen LogP contribution >= 0.6 is 0 Å². The Labute approximate surface area is 336 Å². The molecule has 13 rings (SSSR count). The van der Waals surface area contributed by atoms with Crippen LogP contribution in [0.5, 0.6) is 0 Å². The third-order valence-electron chi connectivity index (χ3n) is 13.4. The summed E-state index contributed by atoms with van der Waals surface area (Å²) in [6.07, 6.45) is 25.4. The Balaban J connectivity index is 1.24. The quantitative estimate of drug-likeness (QED) is 0.168. The first kappa shape index (κ1) is 32.4. The van der Waals surface area contributed by atoms with Gasteiger partial charge in [0.25, 0.3) is 0 Å². The van der Waals surface area contributed by atoms with Gasteiger partial charge in [-0.25, -0.2) is 9.98 Å². The molecule has 4 atom stereocenters. The molecule has 3 aromatic heterocycles. The van der Waals surface area contributed by atoms with Gasteiger partial charge in [-0.15, -0.1) is 0 Å². The van der Waals surface area contributed by atoms with Crippen molar-refractivity contribution in [2.75, 3.05) is 0 Å². The summed E-state index contributed by atoms with van der Waals surface area (Å²) in [5.41, 5.74) is 13.9. The minimum atomic E-state index is -0.200. The highest BCUT2D eigenvalue weighted by Gasteiger charge is 2.45. The lowest BCUT2D eigenvalue weighted by Crippen LogP contribution is -2.21. The van der Waals surface area contributed by atoms with Crippen LogP contribution in [0.3, 0.4) is 0 Å². The van der Waals surface area contributed by atoms with Gasteiger partial charge in [0.1, 0.15) is 6.17 Å². The van der Waals surface area contributed by atoms with Gasteiger partial charge in [-0.3, -0.25) is 0 Å². The van der Waals surface area contributed by atoms with E-state index in [0.29, 0.717) is 18.3 Å². The molecular weight excluding hydrogens is 707 g/mol. The molecule has 1 saturated carbocycles.